The van der Waals surface area contributed by atoms with Gasteiger partial charge in [-0.2, -0.15) is 0 Å². The molecule has 9 heteroatoms. The third-order valence-electron chi connectivity index (χ3n) is 5.75. The van der Waals surface area contributed by atoms with Crippen LogP contribution in [0.5, 0.6) is 0 Å². The maximum atomic E-state index is 12.6. The summed E-state index contributed by atoms with van der Waals surface area (Å²) >= 11 is 12.2. The van der Waals surface area contributed by atoms with Crippen LogP contribution in [-0.4, -0.2) is 33.3 Å². The monoisotopic (exact) mass is 497 g/mol. The number of halogens is 2. The number of hydrogen-bond acceptors (Lipinski definition) is 4. The van der Waals surface area contributed by atoms with E-state index in [1.54, 1.807) is 37.3 Å². The largest absolute Gasteiger partial charge is 0.331 e. The van der Waals surface area contributed by atoms with E-state index < -0.39 is 15.9 Å². The van der Waals surface area contributed by atoms with Crippen LogP contribution in [0.15, 0.2) is 47.4 Å². The third-order valence-corrected chi connectivity index (χ3v) is 8.40. The number of piperidine rings is 1. The van der Waals surface area contributed by atoms with Gasteiger partial charge in [-0.05, 0) is 87.5 Å². The lowest BCUT2D eigenvalue weighted by molar-refractivity contribution is 0.249. The molecule has 0 unspecified atom stereocenters. The summed E-state index contributed by atoms with van der Waals surface area (Å²) in [6.07, 6.45) is 3.84. The van der Waals surface area contributed by atoms with Crippen LogP contribution >= 0.6 is 23.2 Å². The lowest BCUT2D eigenvalue weighted by atomic mass is 9.94. The fourth-order valence-electron chi connectivity index (χ4n) is 3.89. The van der Waals surface area contributed by atoms with Crippen molar-refractivity contribution >= 4 is 44.8 Å². The maximum Gasteiger partial charge on any atom is 0.319 e. The summed E-state index contributed by atoms with van der Waals surface area (Å²) in [5, 5.41) is 9.66. The van der Waals surface area contributed by atoms with Gasteiger partial charge in [0, 0.05) is 5.69 Å². The number of urea groups is 1. The first-order valence-corrected chi connectivity index (χ1v) is 13.2. The molecule has 1 saturated heterocycles. The Balaban J connectivity index is 1.51. The number of rotatable bonds is 8. The Kier molecular flexibility index (Phi) is 8.82. The summed E-state index contributed by atoms with van der Waals surface area (Å²) in [7, 11) is -3.34. The summed E-state index contributed by atoms with van der Waals surface area (Å²) in [6.45, 7) is 3.84. The van der Waals surface area contributed by atoms with E-state index in [1.807, 2.05) is 0 Å². The molecule has 2 aromatic carbocycles. The van der Waals surface area contributed by atoms with Crippen molar-refractivity contribution < 1.29 is 13.2 Å². The average molecular weight is 498 g/mol. The Hall–Kier alpha value is -1.80. The Morgan fingerprint density at radius 3 is 2.50 bits per heavy atom. The summed E-state index contributed by atoms with van der Waals surface area (Å²) in [5.41, 5.74) is 1.21. The van der Waals surface area contributed by atoms with Crippen molar-refractivity contribution in [3.63, 3.8) is 0 Å². The molecule has 1 atom stereocenters. The number of carbonyl (C=O) groups is 1. The molecule has 1 aliphatic heterocycles. The smallest absolute Gasteiger partial charge is 0.319 e. The molecular formula is C23H29Cl2N3O3S. The molecule has 0 aromatic heterocycles. The number of hydrogen-bond donors (Lipinski definition) is 3. The van der Waals surface area contributed by atoms with Crippen molar-refractivity contribution in [1.82, 2.24) is 10.6 Å². The predicted octanol–water partition coefficient (Wildman–Crippen LogP) is 5.43. The molecule has 3 N–H and O–H groups in total. The van der Waals surface area contributed by atoms with Crippen molar-refractivity contribution in [2.75, 3.05) is 24.2 Å². The summed E-state index contributed by atoms with van der Waals surface area (Å²) in [6, 6.07) is 10.7. The van der Waals surface area contributed by atoms with Gasteiger partial charge < -0.3 is 16.0 Å². The van der Waals surface area contributed by atoms with E-state index in [0.717, 1.165) is 32.4 Å². The van der Waals surface area contributed by atoms with Gasteiger partial charge >= 0.3 is 6.03 Å². The minimum absolute atomic E-state index is 0.141. The standard InChI is InChI=1S/C23H29Cl2N3O3S/c1-16(20-5-2-6-21(24)22(20)25)27-23(29)28-18-7-9-19(10-8-18)32(30,31)15-3-4-17-11-13-26-14-12-17/h2,5-10,16-17,26H,3-4,11-15H2,1H3,(H2,27,28,29)/t16-/m0/s1. The van der Waals surface area contributed by atoms with Crippen LogP contribution in [0.2, 0.25) is 10.0 Å². The molecule has 1 fully saturated rings. The molecule has 2 amide bonds. The van der Waals surface area contributed by atoms with Crippen LogP contribution in [0.1, 0.15) is 44.2 Å². The fourth-order valence-corrected chi connectivity index (χ4v) is 5.70. The number of carbonyl (C=O) groups excluding carboxylic acids is 1. The molecule has 0 spiro atoms. The molecule has 0 saturated carbocycles. The summed E-state index contributed by atoms with van der Waals surface area (Å²) < 4.78 is 25.3. The van der Waals surface area contributed by atoms with E-state index in [4.69, 9.17) is 23.2 Å². The van der Waals surface area contributed by atoms with Crippen LogP contribution in [0, 0.1) is 5.92 Å². The summed E-state index contributed by atoms with van der Waals surface area (Å²) in [5.74, 6) is 0.753. The molecule has 174 valence electrons. The highest BCUT2D eigenvalue weighted by atomic mass is 35.5. The van der Waals surface area contributed by atoms with Crippen LogP contribution < -0.4 is 16.0 Å². The highest BCUT2D eigenvalue weighted by Gasteiger charge is 2.18. The highest BCUT2D eigenvalue weighted by molar-refractivity contribution is 7.91. The Bertz CT molecular complexity index is 1020. The lowest BCUT2D eigenvalue weighted by Gasteiger charge is -2.22. The quantitative estimate of drug-likeness (QED) is 0.453. The second-order valence-corrected chi connectivity index (χ2v) is 11.0. The molecule has 6 nitrogen and oxygen atoms in total. The van der Waals surface area contributed by atoms with Gasteiger partial charge in [-0.3, -0.25) is 0 Å². The first-order chi connectivity index (χ1) is 15.3. The van der Waals surface area contributed by atoms with Gasteiger partial charge in [-0.1, -0.05) is 35.3 Å². The van der Waals surface area contributed by atoms with Gasteiger partial charge in [0.2, 0.25) is 0 Å². The van der Waals surface area contributed by atoms with Gasteiger partial charge in [0.1, 0.15) is 0 Å². The van der Waals surface area contributed by atoms with Gasteiger partial charge in [-0.25, -0.2) is 13.2 Å². The number of anilines is 1. The number of benzene rings is 2. The topological polar surface area (TPSA) is 87.3 Å². The zero-order valence-corrected chi connectivity index (χ0v) is 20.4. The number of amides is 2. The predicted molar refractivity (Wildman–Crippen MR) is 130 cm³/mol. The second-order valence-electron chi connectivity index (χ2n) is 8.14. The SMILES string of the molecule is C[C@H](NC(=O)Nc1ccc(S(=O)(=O)CCCC2CCNCC2)cc1)c1cccc(Cl)c1Cl. The first kappa shape index (κ1) is 24.8. The van der Waals surface area contributed by atoms with Crippen LogP contribution in [-0.2, 0) is 9.84 Å². The number of sulfone groups is 1. The molecular weight excluding hydrogens is 469 g/mol. The van der Waals surface area contributed by atoms with Crippen molar-refractivity contribution in [1.29, 1.82) is 0 Å². The highest BCUT2D eigenvalue weighted by Crippen LogP contribution is 2.29. The zero-order valence-electron chi connectivity index (χ0n) is 18.0. The second kappa shape index (κ2) is 11.4. The van der Waals surface area contributed by atoms with E-state index in [0.29, 0.717) is 33.6 Å². The number of nitrogens with one attached hydrogen (secondary N) is 3. The molecule has 1 heterocycles. The van der Waals surface area contributed by atoms with Crippen molar-refractivity contribution in [3.05, 3.63) is 58.1 Å². The third kappa shape index (κ3) is 6.85. The molecule has 0 bridgehead atoms. The molecule has 32 heavy (non-hydrogen) atoms. The molecule has 1 aliphatic rings. The minimum Gasteiger partial charge on any atom is -0.331 e. The van der Waals surface area contributed by atoms with E-state index in [-0.39, 0.29) is 16.7 Å². The van der Waals surface area contributed by atoms with Crippen molar-refractivity contribution in [3.8, 4) is 0 Å². The van der Waals surface area contributed by atoms with Gasteiger partial charge in [-0.15, -0.1) is 0 Å². The van der Waals surface area contributed by atoms with Crippen LogP contribution in [0.3, 0.4) is 0 Å². The van der Waals surface area contributed by atoms with Crippen LogP contribution in [0.25, 0.3) is 0 Å². The molecule has 0 aliphatic carbocycles. The van der Waals surface area contributed by atoms with E-state index in [9.17, 15) is 13.2 Å². The van der Waals surface area contributed by atoms with Crippen LogP contribution in [0.4, 0.5) is 10.5 Å². The van der Waals surface area contributed by atoms with Gasteiger partial charge in [0.05, 0.1) is 26.7 Å². The zero-order chi connectivity index (χ0) is 23.1. The van der Waals surface area contributed by atoms with E-state index >= 15 is 0 Å². The Labute approximate surface area is 200 Å². The average Bonchev–Trinajstić information content (AvgIpc) is 2.76. The minimum atomic E-state index is -3.34. The fraction of sp³-hybridized carbons (Fsp3) is 0.435. The van der Waals surface area contributed by atoms with Gasteiger partial charge in [0.25, 0.3) is 0 Å². The molecule has 0 radical (unpaired) electrons. The Morgan fingerprint density at radius 2 is 1.81 bits per heavy atom. The first-order valence-electron chi connectivity index (χ1n) is 10.8. The van der Waals surface area contributed by atoms with Gasteiger partial charge in [0.15, 0.2) is 9.84 Å². The van der Waals surface area contributed by atoms with Crippen molar-refractivity contribution in [2.24, 2.45) is 5.92 Å². The summed E-state index contributed by atoms with van der Waals surface area (Å²) in [4.78, 5) is 12.6. The van der Waals surface area contributed by atoms with Crippen molar-refractivity contribution in [2.45, 2.75) is 43.5 Å². The Morgan fingerprint density at radius 1 is 1.12 bits per heavy atom. The van der Waals surface area contributed by atoms with E-state index in [2.05, 4.69) is 16.0 Å². The maximum absolute atomic E-state index is 12.6. The molecule has 3 rings (SSSR count). The normalized spacial score (nSPS) is 15.8. The molecule has 2 aromatic rings. The lowest BCUT2D eigenvalue weighted by Crippen LogP contribution is -2.31. The van der Waals surface area contributed by atoms with E-state index in [1.165, 1.54) is 12.1 Å².